The Morgan fingerprint density at radius 3 is 1.86 bits per heavy atom. The predicted molar refractivity (Wildman–Crippen MR) is 87.4 cm³/mol. The van der Waals surface area contributed by atoms with Crippen LogP contribution in [0.3, 0.4) is 0 Å². The quantitative estimate of drug-likeness (QED) is 0.665. The van der Waals surface area contributed by atoms with Crippen LogP contribution in [-0.4, -0.2) is 20.2 Å². The largest absolute Gasteiger partial charge is 0.411 e. The highest BCUT2D eigenvalue weighted by atomic mass is 35.5. The summed E-state index contributed by atoms with van der Waals surface area (Å²) in [5, 5.41) is 3.55. The van der Waals surface area contributed by atoms with Gasteiger partial charge in [-0.25, -0.2) is 8.78 Å². The van der Waals surface area contributed by atoms with Crippen LogP contribution in [0.2, 0.25) is 10.0 Å². The third-order valence-electron chi connectivity index (χ3n) is 3.23. The van der Waals surface area contributed by atoms with Gasteiger partial charge in [0.1, 0.15) is 11.6 Å². The van der Waals surface area contributed by atoms with E-state index in [-0.39, 0.29) is 10.9 Å². The Bertz CT molecular complexity index is 620. The van der Waals surface area contributed by atoms with Crippen molar-refractivity contribution in [1.82, 2.24) is 5.32 Å². The molecule has 116 valence electrons. The Balaban J connectivity index is 2.55. The second-order valence-electron chi connectivity index (χ2n) is 4.78. The zero-order chi connectivity index (χ0) is 16.3. The molecule has 0 radical (unpaired) electrons. The molecule has 2 aromatic rings. The molecule has 0 saturated heterocycles. The van der Waals surface area contributed by atoms with Gasteiger partial charge >= 0.3 is 6.92 Å². The average molecular weight is 344 g/mol. The SMILES string of the molecule is CNC(C)OB(c1cc(Cl)ccc1F)c1cc(Cl)ccc1F. The number of benzene rings is 2. The highest BCUT2D eigenvalue weighted by Crippen LogP contribution is 2.12. The van der Waals surface area contributed by atoms with E-state index in [1.54, 1.807) is 14.0 Å². The van der Waals surface area contributed by atoms with Crippen molar-refractivity contribution in [2.24, 2.45) is 0 Å². The van der Waals surface area contributed by atoms with Gasteiger partial charge in [0.2, 0.25) is 0 Å². The predicted octanol–water partition coefficient (Wildman–Crippen LogP) is 2.96. The van der Waals surface area contributed by atoms with Crippen molar-refractivity contribution in [3.05, 3.63) is 58.1 Å². The van der Waals surface area contributed by atoms with Gasteiger partial charge in [0.25, 0.3) is 0 Å². The molecule has 0 spiro atoms. The van der Waals surface area contributed by atoms with Gasteiger partial charge in [-0.3, -0.25) is 5.32 Å². The number of rotatable bonds is 5. The Morgan fingerprint density at radius 1 is 1.00 bits per heavy atom. The maximum absolute atomic E-state index is 14.2. The molecule has 2 nitrogen and oxygen atoms in total. The normalized spacial score (nSPS) is 12.3. The summed E-state index contributed by atoms with van der Waals surface area (Å²) in [5.74, 6) is -1.06. The zero-order valence-electron chi connectivity index (χ0n) is 12.0. The third kappa shape index (κ3) is 3.99. The van der Waals surface area contributed by atoms with Crippen molar-refractivity contribution < 1.29 is 13.4 Å². The van der Waals surface area contributed by atoms with E-state index in [9.17, 15) is 8.78 Å². The summed E-state index contributed by atoms with van der Waals surface area (Å²) in [5.41, 5.74) is 0.298. The van der Waals surface area contributed by atoms with Crippen LogP contribution in [0.25, 0.3) is 0 Å². The van der Waals surface area contributed by atoms with Crippen molar-refractivity contribution in [1.29, 1.82) is 0 Å². The summed E-state index contributed by atoms with van der Waals surface area (Å²) in [7, 11) is 1.68. The first-order valence-corrected chi connectivity index (χ1v) is 7.40. The molecule has 0 fully saturated rings. The number of hydrogen-bond donors (Lipinski definition) is 1. The molecule has 0 aliphatic rings. The van der Waals surface area contributed by atoms with Crippen LogP contribution in [-0.2, 0) is 4.65 Å². The second kappa shape index (κ2) is 7.42. The molecule has 0 saturated carbocycles. The van der Waals surface area contributed by atoms with E-state index >= 15 is 0 Å². The smallest absolute Gasteiger partial charge is 0.368 e. The van der Waals surface area contributed by atoms with Crippen LogP contribution in [0.5, 0.6) is 0 Å². The summed E-state index contributed by atoms with van der Waals surface area (Å²) in [6, 6.07) is 8.14. The molecule has 7 heteroatoms. The van der Waals surface area contributed by atoms with Gasteiger partial charge in [0.15, 0.2) is 0 Å². The van der Waals surface area contributed by atoms with E-state index in [1.165, 1.54) is 36.4 Å². The van der Waals surface area contributed by atoms with Crippen molar-refractivity contribution in [2.75, 3.05) is 7.05 Å². The van der Waals surface area contributed by atoms with Gasteiger partial charge in [0.05, 0.1) is 6.23 Å². The van der Waals surface area contributed by atoms with E-state index in [0.717, 1.165) is 0 Å². The Morgan fingerprint density at radius 2 is 1.45 bits per heavy atom. The number of halogens is 4. The summed E-state index contributed by atoms with van der Waals surface area (Å²) in [4.78, 5) is 0. The fourth-order valence-electron chi connectivity index (χ4n) is 2.02. The minimum absolute atomic E-state index is 0.149. The van der Waals surface area contributed by atoms with Crippen LogP contribution in [0.15, 0.2) is 36.4 Å². The van der Waals surface area contributed by atoms with Crippen LogP contribution >= 0.6 is 23.2 Å². The van der Waals surface area contributed by atoms with Gasteiger partial charge in [-0.15, -0.1) is 0 Å². The van der Waals surface area contributed by atoms with E-state index in [4.69, 9.17) is 27.9 Å². The maximum atomic E-state index is 14.2. The highest BCUT2D eigenvalue weighted by Gasteiger charge is 2.29. The zero-order valence-corrected chi connectivity index (χ0v) is 13.6. The standard InChI is InChI=1S/C15H14BCl2F2NO/c1-9(21-2)22-16(12-7-10(17)3-5-14(12)19)13-8-11(18)4-6-15(13)20/h3-9,21H,1-2H3. The van der Waals surface area contributed by atoms with Crippen LogP contribution in [0.1, 0.15) is 6.92 Å². The first-order chi connectivity index (χ1) is 10.4. The number of nitrogens with one attached hydrogen (secondary N) is 1. The molecule has 0 aliphatic heterocycles. The average Bonchev–Trinajstić information content (AvgIpc) is 2.50. The monoisotopic (exact) mass is 343 g/mol. The van der Waals surface area contributed by atoms with Gasteiger partial charge < -0.3 is 4.65 Å². The van der Waals surface area contributed by atoms with Crippen molar-refractivity contribution >= 4 is 41.0 Å². The Kier molecular flexibility index (Phi) is 5.81. The fourth-order valence-corrected chi connectivity index (χ4v) is 2.38. The van der Waals surface area contributed by atoms with E-state index < -0.39 is 24.8 Å². The molecule has 0 bridgehead atoms. The van der Waals surface area contributed by atoms with E-state index in [1.807, 2.05) is 0 Å². The van der Waals surface area contributed by atoms with Gasteiger partial charge in [0, 0.05) is 10.0 Å². The lowest BCUT2D eigenvalue weighted by atomic mass is 9.55. The highest BCUT2D eigenvalue weighted by molar-refractivity contribution is 6.80. The molecule has 0 aliphatic carbocycles. The maximum Gasteiger partial charge on any atom is 0.368 e. The Labute approximate surface area is 138 Å². The minimum atomic E-state index is -0.972. The number of hydrogen-bond acceptors (Lipinski definition) is 2. The molecule has 22 heavy (non-hydrogen) atoms. The van der Waals surface area contributed by atoms with Crippen molar-refractivity contribution in [2.45, 2.75) is 13.2 Å². The molecule has 1 atom stereocenters. The topological polar surface area (TPSA) is 21.3 Å². The molecular formula is C15H14BCl2F2NO. The van der Waals surface area contributed by atoms with Gasteiger partial charge in [-0.2, -0.15) is 0 Å². The summed E-state index contributed by atoms with van der Waals surface area (Å²) in [6.07, 6.45) is -0.429. The first kappa shape index (κ1) is 17.2. The molecule has 0 amide bonds. The Hall–Kier alpha value is -1.14. The lowest BCUT2D eigenvalue weighted by molar-refractivity contribution is 0.201. The second-order valence-corrected chi connectivity index (χ2v) is 5.65. The molecule has 0 aromatic heterocycles. The van der Waals surface area contributed by atoms with Crippen molar-refractivity contribution in [3.63, 3.8) is 0 Å². The first-order valence-electron chi connectivity index (χ1n) is 6.65. The summed E-state index contributed by atoms with van der Waals surface area (Å²) in [6.45, 7) is 0.762. The van der Waals surface area contributed by atoms with Crippen LogP contribution in [0.4, 0.5) is 8.78 Å². The van der Waals surface area contributed by atoms with Gasteiger partial charge in [-0.1, -0.05) is 23.2 Å². The molecule has 2 rings (SSSR count). The van der Waals surface area contributed by atoms with Crippen LogP contribution in [0, 0.1) is 11.6 Å². The fraction of sp³-hybridized carbons (Fsp3) is 0.200. The molecule has 2 aromatic carbocycles. The molecule has 1 N–H and O–H groups in total. The van der Waals surface area contributed by atoms with E-state index in [0.29, 0.717) is 10.0 Å². The molecule has 0 heterocycles. The minimum Gasteiger partial charge on any atom is -0.411 e. The lowest BCUT2D eigenvalue weighted by Gasteiger charge is -2.21. The van der Waals surface area contributed by atoms with Crippen molar-refractivity contribution in [3.8, 4) is 0 Å². The van der Waals surface area contributed by atoms with Gasteiger partial charge in [-0.05, 0) is 61.3 Å². The third-order valence-corrected chi connectivity index (χ3v) is 3.70. The van der Waals surface area contributed by atoms with E-state index in [2.05, 4.69) is 5.32 Å². The summed E-state index contributed by atoms with van der Waals surface area (Å²) >= 11 is 11.9. The molecule has 1 unspecified atom stereocenters. The van der Waals surface area contributed by atoms with Crippen LogP contribution < -0.4 is 16.2 Å². The summed E-state index contributed by atoms with van der Waals surface area (Å²) < 4.78 is 34.1. The lowest BCUT2D eigenvalue weighted by Crippen LogP contribution is -2.51. The molecular weight excluding hydrogens is 330 g/mol.